The Morgan fingerprint density at radius 1 is 0.900 bits per heavy atom. The number of nitrogens with zero attached hydrogens (tertiary/aromatic N) is 1. The number of carbonyl (C=O) groups excluding carboxylic acids is 1. The number of hydrogen-bond acceptors (Lipinski definition) is 3. The maximum Gasteiger partial charge on any atom is 0.271 e. The van der Waals surface area contributed by atoms with Gasteiger partial charge in [-0.3, -0.25) is 4.79 Å². The largest absolute Gasteiger partial charge is 0.488 e. The van der Waals surface area contributed by atoms with Gasteiger partial charge in [-0.05, 0) is 46.7 Å². The lowest BCUT2D eigenvalue weighted by Gasteiger charge is -2.09. The van der Waals surface area contributed by atoms with E-state index in [2.05, 4.69) is 26.5 Å². The average molecular weight is 459 g/mol. The first kappa shape index (κ1) is 19.9. The third kappa shape index (κ3) is 4.93. The Bertz CT molecular complexity index is 1210. The van der Waals surface area contributed by atoms with Crippen LogP contribution in [-0.4, -0.2) is 12.1 Å². The van der Waals surface area contributed by atoms with Crippen LogP contribution >= 0.6 is 15.9 Å². The number of carbonyl (C=O) groups is 1. The third-order valence-electron chi connectivity index (χ3n) is 4.59. The first-order valence-electron chi connectivity index (χ1n) is 9.47. The molecule has 4 nitrogen and oxygen atoms in total. The predicted molar refractivity (Wildman–Crippen MR) is 124 cm³/mol. The summed E-state index contributed by atoms with van der Waals surface area (Å²) < 4.78 is 6.84. The van der Waals surface area contributed by atoms with Crippen LogP contribution in [0.1, 0.15) is 21.5 Å². The molecule has 4 aromatic carbocycles. The number of ether oxygens (including phenoxy) is 1. The first-order valence-corrected chi connectivity index (χ1v) is 10.3. The smallest absolute Gasteiger partial charge is 0.271 e. The molecule has 5 heteroatoms. The van der Waals surface area contributed by atoms with Crippen molar-refractivity contribution in [3.63, 3.8) is 0 Å². The summed E-state index contributed by atoms with van der Waals surface area (Å²) in [6.07, 6.45) is 1.59. The fraction of sp³-hybridized carbons (Fsp3) is 0.0400. The van der Waals surface area contributed by atoms with Crippen LogP contribution < -0.4 is 10.2 Å². The van der Waals surface area contributed by atoms with E-state index in [1.165, 1.54) is 0 Å². The lowest BCUT2D eigenvalue weighted by atomic mass is 10.1. The van der Waals surface area contributed by atoms with Gasteiger partial charge < -0.3 is 4.74 Å². The van der Waals surface area contributed by atoms with E-state index in [1.807, 2.05) is 84.9 Å². The molecule has 0 fully saturated rings. The summed E-state index contributed by atoms with van der Waals surface area (Å²) in [7, 11) is 0. The number of fused-ring (bicyclic) bond motifs is 1. The van der Waals surface area contributed by atoms with Gasteiger partial charge in [0.2, 0.25) is 0 Å². The van der Waals surface area contributed by atoms with Crippen molar-refractivity contribution in [2.24, 2.45) is 5.10 Å². The van der Waals surface area contributed by atoms with E-state index in [4.69, 9.17) is 4.74 Å². The number of benzene rings is 4. The van der Waals surface area contributed by atoms with Gasteiger partial charge in [0, 0.05) is 15.6 Å². The molecule has 4 rings (SSSR count). The molecule has 0 radical (unpaired) electrons. The number of rotatable bonds is 6. The Labute approximate surface area is 183 Å². The van der Waals surface area contributed by atoms with Gasteiger partial charge in [0.1, 0.15) is 12.4 Å². The Balaban J connectivity index is 1.46. The summed E-state index contributed by atoms with van der Waals surface area (Å²) in [6.45, 7) is 0.451. The normalized spacial score (nSPS) is 11.0. The van der Waals surface area contributed by atoms with Crippen LogP contribution in [0.15, 0.2) is 101 Å². The molecule has 0 aromatic heterocycles. The van der Waals surface area contributed by atoms with E-state index in [9.17, 15) is 4.79 Å². The number of hydrazone groups is 1. The Kier molecular flexibility index (Phi) is 6.20. The maximum atomic E-state index is 12.5. The number of halogens is 1. The van der Waals surface area contributed by atoms with Crippen LogP contribution in [0.2, 0.25) is 0 Å². The molecular weight excluding hydrogens is 440 g/mol. The van der Waals surface area contributed by atoms with Crippen LogP contribution in [0.4, 0.5) is 0 Å². The topological polar surface area (TPSA) is 50.7 Å². The molecule has 0 saturated heterocycles. The van der Waals surface area contributed by atoms with E-state index in [1.54, 1.807) is 12.3 Å². The molecule has 30 heavy (non-hydrogen) atoms. The summed E-state index contributed by atoms with van der Waals surface area (Å²) in [5.74, 6) is 0.421. The highest BCUT2D eigenvalue weighted by Crippen LogP contribution is 2.23. The van der Waals surface area contributed by atoms with Gasteiger partial charge in [0.05, 0.1) is 6.21 Å². The van der Waals surface area contributed by atoms with Crippen molar-refractivity contribution in [3.8, 4) is 5.75 Å². The molecule has 0 saturated carbocycles. The zero-order valence-electron chi connectivity index (χ0n) is 16.1. The minimum absolute atomic E-state index is 0.265. The van der Waals surface area contributed by atoms with Crippen molar-refractivity contribution >= 4 is 38.8 Å². The summed E-state index contributed by atoms with van der Waals surface area (Å²) in [6, 6.07) is 29.1. The highest BCUT2D eigenvalue weighted by Gasteiger charge is 2.07. The molecule has 0 spiro atoms. The van der Waals surface area contributed by atoms with Gasteiger partial charge in [0.15, 0.2) is 0 Å². The van der Waals surface area contributed by atoms with E-state index in [0.717, 1.165) is 26.4 Å². The van der Waals surface area contributed by atoms with Crippen molar-refractivity contribution in [1.29, 1.82) is 0 Å². The molecule has 0 aliphatic heterocycles. The highest BCUT2D eigenvalue weighted by molar-refractivity contribution is 9.10. The molecule has 0 aliphatic carbocycles. The molecule has 1 N–H and O–H groups in total. The van der Waals surface area contributed by atoms with Crippen molar-refractivity contribution in [2.75, 3.05) is 0 Å². The molecular formula is C25H19BrN2O2. The molecule has 0 heterocycles. The van der Waals surface area contributed by atoms with Gasteiger partial charge in [-0.2, -0.15) is 5.10 Å². The van der Waals surface area contributed by atoms with Crippen LogP contribution in [0.5, 0.6) is 5.75 Å². The second-order valence-corrected chi connectivity index (χ2v) is 7.63. The zero-order chi connectivity index (χ0) is 20.8. The fourth-order valence-electron chi connectivity index (χ4n) is 3.04. The van der Waals surface area contributed by atoms with Crippen molar-refractivity contribution in [1.82, 2.24) is 5.43 Å². The minimum Gasteiger partial charge on any atom is -0.488 e. The summed E-state index contributed by atoms with van der Waals surface area (Å²) in [5.41, 5.74) is 4.99. The lowest BCUT2D eigenvalue weighted by Crippen LogP contribution is -2.17. The van der Waals surface area contributed by atoms with Crippen molar-refractivity contribution in [2.45, 2.75) is 6.61 Å². The molecule has 1 amide bonds. The van der Waals surface area contributed by atoms with Crippen molar-refractivity contribution < 1.29 is 9.53 Å². The summed E-state index contributed by atoms with van der Waals surface area (Å²) in [5, 5.41) is 6.23. The SMILES string of the molecule is O=C(N/N=C\c1cc(Br)ccc1OCc1ccccc1)c1ccc2ccccc2c1. The van der Waals surface area contributed by atoms with Crippen LogP contribution in [0, 0.1) is 0 Å². The predicted octanol–water partition coefficient (Wildman–Crippen LogP) is 5.95. The Hall–Kier alpha value is -3.44. The zero-order valence-corrected chi connectivity index (χ0v) is 17.7. The quantitative estimate of drug-likeness (QED) is 0.286. The molecule has 4 aromatic rings. The second kappa shape index (κ2) is 9.37. The number of hydrogen-bond donors (Lipinski definition) is 1. The van der Waals surface area contributed by atoms with Gasteiger partial charge in [-0.15, -0.1) is 0 Å². The van der Waals surface area contributed by atoms with E-state index < -0.39 is 0 Å². The van der Waals surface area contributed by atoms with Gasteiger partial charge in [0.25, 0.3) is 5.91 Å². The Morgan fingerprint density at radius 2 is 1.67 bits per heavy atom. The third-order valence-corrected chi connectivity index (χ3v) is 5.08. The maximum absolute atomic E-state index is 12.5. The van der Waals surface area contributed by atoms with Gasteiger partial charge in [-0.25, -0.2) is 5.43 Å². The number of nitrogens with one attached hydrogen (secondary N) is 1. The summed E-state index contributed by atoms with van der Waals surface area (Å²) >= 11 is 3.47. The summed E-state index contributed by atoms with van der Waals surface area (Å²) in [4.78, 5) is 12.5. The van der Waals surface area contributed by atoms with Gasteiger partial charge in [-0.1, -0.05) is 76.6 Å². The molecule has 0 atom stereocenters. The number of amides is 1. The fourth-order valence-corrected chi connectivity index (χ4v) is 3.42. The van der Waals surface area contributed by atoms with E-state index in [0.29, 0.717) is 17.9 Å². The monoisotopic (exact) mass is 458 g/mol. The standard InChI is InChI=1S/C25H19BrN2O2/c26-23-12-13-24(30-17-18-6-2-1-3-7-18)22(15-23)16-27-28-25(29)21-11-10-19-8-4-5-9-20(19)14-21/h1-16H,17H2,(H,28,29)/b27-16-. The molecule has 0 unspecified atom stereocenters. The molecule has 0 aliphatic rings. The van der Waals surface area contributed by atoms with Crippen LogP contribution in [0.3, 0.4) is 0 Å². The molecule has 148 valence electrons. The Morgan fingerprint density at radius 3 is 2.50 bits per heavy atom. The van der Waals surface area contributed by atoms with Gasteiger partial charge >= 0.3 is 0 Å². The van der Waals surface area contributed by atoms with Crippen LogP contribution in [-0.2, 0) is 6.61 Å². The van der Waals surface area contributed by atoms with E-state index >= 15 is 0 Å². The van der Waals surface area contributed by atoms with E-state index in [-0.39, 0.29) is 5.91 Å². The average Bonchev–Trinajstić information content (AvgIpc) is 2.79. The highest BCUT2D eigenvalue weighted by atomic mass is 79.9. The van der Waals surface area contributed by atoms with Crippen LogP contribution in [0.25, 0.3) is 10.8 Å². The second-order valence-electron chi connectivity index (χ2n) is 6.72. The lowest BCUT2D eigenvalue weighted by molar-refractivity contribution is 0.0955. The first-order chi connectivity index (χ1) is 14.7. The van der Waals surface area contributed by atoms with Crippen molar-refractivity contribution in [3.05, 3.63) is 112 Å². The molecule has 0 bridgehead atoms. The minimum atomic E-state index is -0.265.